The van der Waals surface area contributed by atoms with E-state index < -0.39 is 0 Å². The Kier molecular flexibility index (Phi) is 6.21. The van der Waals surface area contributed by atoms with Crippen LogP contribution in [0, 0.1) is 6.92 Å². The summed E-state index contributed by atoms with van der Waals surface area (Å²) < 4.78 is 0. The number of pyridine rings is 1. The maximum absolute atomic E-state index is 12.7. The van der Waals surface area contributed by atoms with Crippen molar-refractivity contribution in [1.29, 1.82) is 0 Å². The van der Waals surface area contributed by atoms with Gasteiger partial charge >= 0.3 is 0 Å². The molecule has 1 aromatic heterocycles. The van der Waals surface area contributed by atoms with Gasteiger partial charge in [-0.15, -0.1) is 24.8 Å². The molecule has 1 aliphatic rings. The van der Waals surface area contributed by atoms with Crippen molar-refractivity contribution < 1.29 is 4.79 Å². The summed E-state index contributed by atoms with van der Waals surface area (Å²) in [5.74, 6) is -0.00671. The van der Waals surface area contributed by atoms with Crippen molar-refractivity contribution in [2.24, 2.45) is 0 Å². The Bertz CT molecular complexity index is 676. The fraction of sp³-hybridized carbons (Fsp3) is 0.250. The molecule has 0 spiro atoms. The number of rotatable bonds is 1. The number of anilines is 2. The maximum atomic E-state index is 12.7. The van der Waals surface area contributed by atoms with E-state index >= 15 is 0 Å². The van der Waals surface area contributed by atoms with Gasteiger partial charge in [0.2, 0.25) is 0 Å². The molecule has 0 bridgehead atoms. The summed E-state index contributed by atoms with van der Waals surface area (Å²) in [6, 6.07) is 7.62. The quantitative estimate of drug-likeness (QED) is 0.810. The van der Waals surface area contributed by atoms with Gasteiger partial charge in [0.05, 0.1) is 5.56 Å². The van der Waals surface area contributed by atoms with Gasteiger partial charge < -0.3 is 10.6 Å². The van der Waals surface area contributed by atoms with Crippen LogP contribution in [0.5, 0.6) is 0 Å². The summed E-state index contributed by atoms with van der Waals surface area (Å²) >= 11 is 0. The number of benzene rings is 1. The summed E-state index contributed by atoms with van der Waals surface area (Å²) in [6.45, 7) is 2.66. The molecule has 2 aromatic rings. The van der Waals surface area contributed by atoms with Gasteiger partial charge in [-0.25, -0.2) is 0 Å². The fourth-order valence-corrected chi connectivity index (χ4v) is 2.69. The van der Waals surface area contributed by atoms with Crippen molar-refractivity contribution in [2.75, 3.05) is 17.2 Å². The number of hydrogen-bond acceptors (Lipinski definition) is 3. The number of fused-ring (bicyclic) bond motifs is 1. The van der Waals surface area contributed by atoms with E-state index in [0.29, 0.717) is 5.56 Å². The van der Waals surface area contributed by atoms with Gasteiger partial charge in [0.15, 0.2) is 0 Å². The van der Waals surface area contributed by atoms with Crippen LogP contribution in [0.2, 0.25) is 0 Å². The predicted octanol–water partition coefficient (Wildman–Crippen LogP) is 3.41. The zero-order valence-electron chi connectivity index (χ0n) is 12.3. The molecule has 3 rings (SSSR count). The molecule has 0 fully saturated rings. The lowest BCUT2D eigenvalue weighted by molar-refractivity contribution is 0.0984. The largest absolute Gasteiger partial charge is 0.398 e. The molecule has 2 N–H and O–H groups in total. The molecular formula is C16H19Cl2N3O. The average molecular weight is 340 g/mol. The second-order valence-corrected chi connectivity index (χ2v) is 5.16. The molecule has 0 aliphatic carbocycles. The third-order valence-electron chi connectivity index (χ3n) is 3.65. The summed E-state index contributed by atoms with van der Waals surface area (Å²) in [5.41, 5.74) is 10.4. The summed E-state index contributed by atoms with van der Waals surface area (Å²) in [7, 11) is 0. The van der Waals surface area contributed by atoms with Crippen molar-refractivity contribution in [1.82, 2.24) is 4.98 Å². The molecular weight excluding hydrogens is 321 g/mol. The highest BCUT2D eigenvalue weighted by atomic mass is 35.5. The van der Waals surface area contributed by atoms with Crippen molar-refractivity contribution >= 4 is 42.1 Å². The lowest BCUT2D eigenvalue weighted by Gasteiger charge is -2.30. The second-order valence-electron chi connectivity index (χ2n) is 5.16. The normalized spacial score (nSPS) is 12.7. The Balaban J connectivity index is 0.00000121. The Hall–Kier alpha value is -1.78. The fourth-order valence-electron chi connectivity index (χ4n) is 2.69. The van der Waals surface area contributed by atoms with Crippen LogP contribution in [0.15, 0.2) is 36.7 Å². The highest BCUT2D eigenvalue weighted by Gasteiger charge is 2.24. The predicted molar refractivity (Wildman–Crippen MR) is 94.3 cm³/mol. The van der Waals surface area contributed by atoms with E-state index in [0.717, 1.165) is 41.9 Å². The number of nitrogen functional groups attached to an aromatic ring is 1. The number of aryl methyl sites for hydroxylation is 1. The smallest absolute Gasteiger partial charge is 0.259 e. The van der Waals surface area contributed by atoms with Crippen LogP contribution < -0.4 is 10.6 Å². The Morgan fingerprint density at radius 2 is 2.05 bits per heavy atom. The number of aromatic nitrogens is 1. The monoisotopic (exact) mass is 339 g/mol. The molecule has 22 heavy (non-hydrogen) atoms. The van der Waals surface area contributed by atoms with E-state index in [-0.39, 0.29) is 30.7 Å². The van der Waals surface area contributed by atoms with Crippen LogP contribution >= 0.6 is 24.8 Å². The van der Waals surface area contributed by atoms with E-state index in [1.54, 1.807) is 12.4 Å². The number of halogens is 2. The van der Waals surface area contributed by atoms with E-state index in [9.17, 15) is 4.79 Å². The first kappa shape index (κ1) is 18.3. The molecule has 6 heteroatoms. The van der Waals surface area contributed by atoms with Crippen LogP contribution in [0.4, 0.5) is 11.4 Å². The molecule has 1 aliphatic heterocycles. The van der Waals surface area contributed by atoms with Gasteiger partial charge in [-0.2, -0.15) is 0 Å². The van der Waals surface area contributed by atoms with E-state index in [2.05, 4.69) is 4.98 Å². The van der Waals surface area contributed by atoms with Gasteiger partial charge in [-0.1, -0.05) is 6.07 Å². The zero-order valence-corrected chi connectivity index (χ0v) is 13.9. The first-order valence-corrected chi connectivity index (χ1v) is 6.77. The highest BCUT2D eigenvalue weighted by Crippen LogP contribution is 2.32. The third-order valence-corrected chi connectivity index (χ3v) is 3.65. The SMILES string of the molecule is Cc1cncc(C(=O)N2CCCc3c(N)cccc32)c1.Cl.Cl. The molecule has 118 valence electrons. The van der Waals surface area contributed by atoms with Gasteiger partial charge in [-0.3, -0.25) is 9.78 Å². The first-order chi connectivity index (χ1) is 9.66. The number of hydrogen-bond donors (Lipinski definition) is 1. The first-order valence-electron chi connectivity index (χ1n) is 6.77. The summed E-state index contributed by atoms with van der Waals surface area (Å²) in [6.07, 6.45) is 5.23. The molecule has 0 saturated carbocycles. The van der Waals surface area contributed by atoms with Crippen molar-refractivity contribution in [2.45, 2.75) is 19.8 Å². The van der Waals surface area contributed by atoms with Gasteiger partial charge in [0, 0.05) is 30.3 Å². The van der Waals surface area contributed by atoms with E-state index in [1.165, 1.54) is 0 Å². The molecule has 0 saturated heterocycles. The lowest BCUT2D eigenvalue weighted by Crippen LogP contribution is -2.35. The van der Waals surface area contributed by atoms with Crippen LogP contribution in [0.1, 0.15) is 27.9 Å². The standard InChI is InChI=1S/C16H17N3O.2ClH/c1-11-8-12(10-18-9-11)16(20)19-7-3-4-13-14(17)5-2-6-15(13)19;;/h2,5-6,8-10H,3-4,7,17H2,1H3;2*1H. The Labute approximate surface area is 142 Å². The highest BCUT2D eigenvalue weighted by molar-refractivity contribution is 6.07. The molecule has 1 aromatic carbocycles. The number of carbonyl (C=O) groups is 1. The number of amides is 1. The van der Waals surface area contributed by atoms with E-state index in [1.807, 2.05) is 36.1 Å². The number of carbonyl (C=O) groups excluding carboxylic acids is 1. The van der Waals surface area contributed by atoms with Gasteiger partial charge in [0.25, 0.3) is 5.91 Å². The molecule has 0 radical (unpaired) electrons. The second kappa shape index (κ2) is 7.47. The van der Waals surface area contributed by atoms with E-state index in [4.69, 9.17) is 5.73 Å². The van der Waals surface area contributed by atoms with Crippen LogP contribution in [-0.2, 0) is 6.42 Å². The molecule has 1 amide bonds. The van der Waals surface area contributed by atoms with Crippen LogP contribution in [0.25, 0.3) is 0 Å². The zero-order chi connectivity index (χ0) is 14.1. The van der Waals surface area contributed by atoms with Gasteiger partial charge in [-0.05, 0) is 49.1 Å². The lowest BCUT2D eigenvalue weighted by atomic mass is 9.99. The molecule has 2 heterocycles. The summed E-state index contributed by atoms with van der Waals surface area (Å²) in [4.78, 5) is 18.6. The van der Waals surface area contributed by atoms with Crippen molar-refractivity contribution in [3.63, 3.8) is 0 Å². The van der Waals surface area contributed by atoms with Crippen LogP contribution in [0.3, 0.4) is 0 Å². The Morgan fingerprint density at radius 1 is 1.27 bits per heavy atom. The minimum Gasteiger partial charge on any atom is -0.398 e. The Morgan fingerprint density at radius 3 is 2.77 bits per heavy atom. The van der Waals surface area contributed by atoms with Gasteiger partial charge in [0.1, 0.15) is 0 Å². The number of nitrogens with two attached hydrogens (primary N) is 1. The third kappa shape index (κ3) is 3.34. The average Bonchev–Trinajstić information content (AvgIpc) is 2.46. The molecule has 0 atom stereocenters. The van der Waals surface area contributed by atoms with Crippen molar-refractivity contribution in [3.8, 4) is 0 Å². The molecule has 0 unspecified atom stereocenters. The number of nitrogens with zero attached hydrogens (tertiary/aromatic N) is 2. The maximum Gasteiger partial charge on any atom is 0.259 e. The summed E-state index contributed by atoms with van der Waals surface area (Å²) in [5, 5.41) is 0. The topological polar surface area (TPSA) is 59.2 Å². The minimum absolute atomic E-state index is 0. The van der Waals surface area contributed by atoms with Crippen LogP contribution in [-0.4, -0.2) is 17.4 Å². The minimum atomic E-state index is -0.00671. The van der Waals surface area contributed by atoms with Crippen molar-refractivity contribution in [3.05, 3.63) is 53.3 Å². The molecule has 4 nitrogen and oxygen atoms in total.